The largest absolute Gasteiger partial charge is 0.347 e. The Morgan fingerprint density at radius 3 is 2.75 bits per heavy atom. The molecule has 2 aromatic rings. The van der Waals surface area contributed by atoms with E-state index in [9.17, 15) is 4.79 Å². The van der Waals surface area contributed by atoms with Gasteiger partial charge in [0.05, 0.1) is 6.54 Å². The molecule has 0 amide bonds. The average molecular weight is 214 g/mol. The molecule has 0 saturated carbocycles. The van der Waals surface area contributed by atoms with E-state index in [4.69, 9.17) is 0 Å². The van der Waals surface area contributed by atoms with Gasteiger partial charge in [-0.15, -0.1) is 0 Å². The van der Waals surface area contributed by atoms with Gasteiger partial charge in [-0.05, 0) is 30.5 Å². The summed E-state index contributed by atoms with van der Waals surface area (Å²) in [7, 11) is 0. The molecule has 0 aliphatic carbocycles. The molecule has 0 fully saturated rings. The fourth-order valence-corrected chi connectivity index (χ4v) is 1.65. The summed E-state index contributed by atoms with van der Waals surface area (Å²) in [6.45, 7) is 4.56. The predicted molar refractivity (Wildman–Crippen MR) is 63.5 cm³/mol. The number of nitrogens with zero attached hydrogens (tertiary/aromatic N) is 2. The normalized spacial score (nSPS) is 10.4. The third kappa shape index (κ3) is 2.19. The summed E-state index contributed by atoms with van der Waals surface area (Å²) in [5.74, 6) is 0. The molecule has 0 aliphatic rings. The molecule has 82 valence electrons. The maximum Gasteiger partial charge on any atom is 0.347 e. The zero-order valence-corrected chi connectivity index (χ0v) is 9.47. The molecule has 3 nitrogen and oxygen atoms in total. The minimum Gasteiger partial charge on any atom is -0.294 e. The molecule has 1 aromatic carbocycles. The van der Waals surface area contributed by atoms with Crippen molar-refractivity contribution in [3.05, 3.63) is 63.8 Å². The highest BCUT2D eigenvalue weighted by Gasteiger charge is 2.01. The third-order valence-corrected chi connectivity index (χ3v) is 2.59. The number of hydrogen-bond acceptors (Lipinski definition) is 2. The van der Waals surface area contributed by atoms with Crippen LogP contribution in [-0.4, -0.2) is 9.55 Å². The Balaban J connectivity index is 2.38. The topological polar surface area (TPSA) is 34.9 Å². The molecule has 0 aliphatic heterocycles. The van der Waals surface area contributed by atoms with Crippen LogP contribution in [0.5, 0.6) is 0 Å². The van der Waals surface area contributed by atoms with Gasteiger partial charge in [-0.1, -0.05) is 24.3 Å². The van der Waals surface area contributed by atoms with Crippen LogP contribution in [0, 0.1) is 13.8 Å². The van der Waals surface area contributed by atoms with Crippen molar-refractivity contribution in [3.8, 4) is 0 Å². The molecule has 0 bridgehead atoms. The van der Waals surface area contributed by atoms with E-state index in [2.05, 4.69) is 4.98 Å². The van der Waals surface area contributed by atoms with Crippen molar-refractivity contribution in [1.29, 1.82) is 0 Å². The second kappa shape index (κ2) is 4.31. The first-order chi connectivity index (χ1) is 7.66. The lowest BCUT2D eigenvalue weighted by molar-refractivity contribution is 0.718. The van der Waals surface area contributed by atoms with Gasteiger partial charge >= 0.3 is 5.69 Å². The van der Waals surface area contributed by atoms with Crippen LogP contribution in [0.4, 0.5) is 0 Å². The van der Waals surface area contributed by atoms with Crippen LogP contribution in [0.3, 0.4) is 0 Å². The van der Waals surface area contributed by atoms with Gasteiger partial charge in [-0.25, -0.2) is 9.78 Å². The second-order valence-corrected chi connectivity index (χ2v) is 3.97. The van der Waals surface area contributed by atoms with E-state index in [0.717, 1.165) is 11.1 Å². The Labute approximate surface area is 94.4 Å². The smallest absolute Gasteiger partial charge is 0.294 e. The summed E-state index contributed by atoms with van der Waals surface area (Å²) < 4.78 is 1.64. The lowest BCUT2D eigenvalue weighted by Gasteiger charge is -2.08. The molecule has 0 saturated heterocycles. The summed E-state index contributed by atoms with van der Waals surface area (Å²) in [6, 6.07) is 8.06. The highest BCUT2D eigenvalue weighted by molar-refractivity contribution is 5.25. The van der Waals surface area contributed by atoms with Crippen LogP contribution in [-0.2, 0) is 6.54 Å². The quantitative estimate of drug-likeness (QED) is 0.765. The molecule has 2 rings (SSSR count). The Hall–Kier alpha value is -1.90. The molecule has 0 spiro atoms. The van der Waals surface area contributed by atoms with E-state index < -0.39 is 0 Å². The minimum absolute atomic E-state index is 0.200. The summed E-state index contributed by atoms with van der Waals surface area (Å²) in [6.07, 6.45) is 3.43. The summed E-state index contributed by atoms with van der Waals surface area (Å²) in [4.78, 5) is 15.4. The van der Waals surface area contributed by atoms with Crippen molar-refractivity contribution >= 4 is 0 Å². The third-order valence-electron chi connectivity index (χ3n) is 2.59. The van der Waals surface area contributed by atoms with E-state index in [0.29, 0.717) is 6.54 Å². The first-order valence-corrected chi connectivity index (χ1v) is 5.24. The molecule has 3 heteroatoms. The van der Waals surface area contributed by atoms with Crippen molar-refractivity contribution in [1.82, 2.24) is 9.55 Å². The van der Waals surface area contributed by atoms with Crippen LogP contribution in [0.15, 0.2) is 41.5 Å². The number of aryl methyl sites for hydroxylation is 2. The SMILES string of the molecule is Cc1cnc(=O)n(Cc2ccccc2C)c1. The standard InChI is InChI=1S/C13H14N2O/c1-10-7-14-13(16)15(8-10)9-12-6-4-3-5-11(12)2/h3-8H,9H2,1-2H3. The molecule has 16 heavy (non-hydrogen) atoms. The maximum atomic E-state index is 11.5. The number of aromatic nitrogens is 2. The van der Waals surface area contributed by atoms with Crippen LogP contribution in [0.25, 0.3) is 0 Å². The van der Waals surface area contributed by atoms with Gasteiger partial charge in [0.15, 0.2) is 0 Å². The van der Waals surface area contributed by atoms with Gasteiger partial charge in [0, 0.05) is 12.4 Å². The van der Waals surface area contributed by atoms with E-state index in [-0.39, 0.29) is 5.69 Å². The fraction of sp³-hybridized carbons (Fsp3) is 0.231. The number of rotatable bonds is 2. The zero-order valence-electron chi connectivity index (χ0n) is 9.47. The van der Waals surface area contributed by atoms with Gasteiger partial charge in [0.25, 0.3) is 0 Å². The van der Waals surface area contributed by atoms with Gasteiger partial charge < -0.3 is 0 Å². The molecular weight excluding hydrogens is 200 g/mol. The highest BCUT2D eigenvalue weighted by atomic mass is 16.1. The number of hydrogen-bond donors (Lipinski definition) is 0. The minimum atomic E-state index is -0.200. The van der Waals surface area contributed by atoms with Gasteiger partial charge in [-0.2, -0.15) is 0 Å². The number of benzene rings is 1. The van der Waals surface area contributed by atoms with Crippen molar-refractivity contribution < 1.29 is 0 Å². The van der Waals surface area contributed by atoms with Crippen molar-refractivity contribution in [2.24, 2.45) is 0 Å². The van der Waals surface area contributed by atoms with Crippen LogP contribution in [0.2, 0.25) is 0 Å². The van der Waals surface area contributed by atoms with Gasteiger partial charge in [0.2, 0.25) is 0 Å². The monoisotopic (exact) mass is 214 g/mol. The van der Waals surface area contributed by atoms with Crippen LogP contribution < -0.4 is 5.69 Å². The summed E-state index contributed by atoms with van der Waals surface area (Å²) in [5, 5.41) is 0. The van der Waals surface area contributed by atoms with E-state index in [1.807, 2.05) is 44.3 Å². The lowest BCUT2D eigenvalue weighted by atomic mass is 10.1. The predicted octanol–water partition coefficient (Wildman–Crippen LogP) is 1.91. The van der Waals surface area contributed by atoms with Crippen molar-refractivity contribution in [2.45, 2.75) is 20.4 Å². The van der Waals surface area contributed by atoms with E-state index >= 15 is 0 Å². The summed E-state index contributed by atoms with van der Waals surface area (Å²) >= 11 is 0. The zero-order chi connectivity index (χ0) is 11.5. The van der Waals surface area contributed by atoms with Crippen molar-refractivity contribution in [3.63, 3.8) is 0 Å². The lowest BCUT2D eigenvalue weighted by Crippen LogP contribution is -2.23. The van der Waals surface area contributed by atoms with Crippen LogP contribution >= 0.6 is 0 Å². The molecule has 0 N–H and O–H groups in total. The second-order valence-electron chi connectivity index (χ2n) is 3.97. The fourth-order valence-electron chi connectivity index (χ4n) is 1.65. The first-order valence-electron chi connectivity index (χ1n) is 5.24. The van der Waals surface area contributed by atoms with E-state index in [1.54, 1.807) is 10.8 Å². The molecule has 1 aromatic heterocycles. The Morgan fingerprint density at radius 1 is 1.25 bits per heavy atom. The van der Waals surface area contributed by atoms with Gasteiger partial charge in [0.1, 0.15) is 0 Å². The van der Waals surface area contributed by atoms with Crippen LogP contribution in [0.1, 0.15) is 16.7 Å². The average Bonchev–Trinajstić information content (AvgIpc) is 2.27. The molecule has 0 radical (unpaired) electrons. The maximum absolute atomic E-state index is 11.5. The van der Waals surface area contributed by atoms with E-state index in [1.165, 1.54) is 5.56 Å². The Kier molecular flexibility index (Phi) is 2.86. The van der Waals surface area contributed by atoms with Gasteiger partial charge in [-0.3, -0.25) is 4.57 Å². The Bertz CT molecular complexity index is 558. The molecule has 0 unspecified atom stereocenters. The summed E-state index contributed by atoms with van der Waals surface area (Å²) in [5.41, 5.74) is 3.13. The molecular formula is C13H14N2O. The first kappa shape index (κ1) is 10.6. The van der Waals surface area contributed by atoms with Crippen molar-refractivity contribution in [2.75, 3.05) is 0 Å². The highest BCUT2D eigenvalue weighted by Crippen LogP contribution is 2.07. The Morgan fingerprint density at radius 2 is 2.00 bits per heavy atom. The molecule has 0 atom stereocenters. The molecule has 1 heterocycles.